The average Bonchev–Trinajstić information content (AvgIpc) is 2.36. The van der Waals surface area contributed by atoms with E-state index in [9.17, 15) is 4.79 Å². The maximum absolute atomic E-state index is 11.8. The van der Waals surface area contributed by atoms with Gasteiger partial charge in [-0.15, -0.1) is 0 Å². The molecule has 0 aromatic heterocycles. The van der Waals surface area contributed by atoms with Gasteiger partial charge in [0.1, 0.15) is 6.04 Å². The second-order valence-corrected chi connectivity index (χ2v) is 5.51. The monoisotopic (exact) mass is 263 g/mol. The molecule has 0 amide bonds. The number of carbonyl (C=O) groups excluding carboxylic acids is 1. The molecule has 19 heavy (non-hydrogen) atoms. The molecule has 3 nitrogen and oxygen atoms in total. The quantitative estimate of drug-likeness (QED) is 0.770. The van der Waals surface area contributed by atoms with Gasteiger partial charge in [-0.25, -0.2) is 0 Å². The lowest BCUT2D eigenvalue weighted by atomic mass is 10.1. The van der Waals surface area contributed by atoms with Gasteiger partial charge in [0.25, 0.3) is 0 Å². The molecule has 0 fully saturated rings. The third-order valence-electron chi connectivity index (χ3n) is 3.01. The Bertz CT molecular complexity index is 376. The van der Waals surface area contributed by atoms with Crippen molar-refractivity contribution in [2.75, 3.05) is 0 Å². The maximum Gasteiger partial charge on any atom is 0.323 e. The Hall–Kier alpha value is -1.35. The molecule has 2 unspecified atom stereocenters. The Kier molecular flexibility index (Phi) is 6.57. The van der Waals surface area contributed by atoms with E-state index in [1.165, 1.54) is 5.56 Å². The predicted molar refractivity (Wildman–Crippen MR) is 77.7 cm³/mol. The first-order chi connectivity index (χ1) is 8.99. The molecule has 0 saturated heterocycles. The number of rotatable bonds is 7. The Balaban J connectivity index is 2.32. The zero-order chi connectivity index (χ0) is 14.3. The second kappa shape index (κ2) is 7.95. The number of carbonyl (C=O) groups is 1. The summed E-state index contributed by atoms with van der Waals surface area (Å²) in [4.78, 5) is 11.8. The maximum atomic E-state index is 11.8. The normalized spacial score (nSPS) is 14.2. The minimum atomic E-state index is -0.533. The summed E-state index contributed by atoms with van der Waals surface area (Å²) in [6.07, 6.45) is 2.24. The standard InChI is InChI=1S/C16H25NO2/c1-12(2)11-13(3)19-16(18)15(17)10-9-14-7-5-4-6-8-14/h4-8,12-13,15H,9-11,17H2,1-3H3. The van der Waals surface area contributed by atoms with Crippen LogP contribution in [0.3, 0.4) is 0 Å². The smallest absolute Gasteiger partial charge is 0.323 e. The van der Waals surface area contributed by atoms with Gasteiger partial charge in [0, 0.05) is 0 Å². The zero-order valence-corrected chi connectivity index (χ0v) is 12.1. The number of hydrogen-bond acceptors (Lipinski definition) is 3. The molecular formula is C16H25NO2. The van der Waals surface area contributed by atoms with Crippen molar-refractivity contribution in [2.24, 2.45) is 11.7 Å². The van der Waals surface area contributed by atoms with E-state index < -0.39 is 6.04 Å². The van der Waals surface area contributed by atoms with Crippen LogP contribution in [-0.2, 0) is 16.0 Å². The molecule has 1 aromatic rings. The summed E-state index contributed by atoms with van der Waals surface area (Å²) in [5.41, 5.74) is 7.06. The van der Waals surface area contributed by atoms with E-state index in [1.807, 2.05) is 37.3 Å². The first-order valence-electron chi connectivity index (χ1n) is 6.99. The van der Waals surface area contributed by atoms with E-state index in [0.717, 1.165) is 12.8 Å². The van der Waals surface area contributed by atoms with Crippen LogP contribution in [0.5, 0.6) is 0 Å². The highest BCUT2D eigenvalue weighted by molar-refractivity contribution is 5.75. The molecule has 106 valence electrons. The van der Waals surface area contributed by atoms with Gasteiger partial charge in [-0.3, -0.25) is 4.79 Å². The van der Waals surface area contributed by atoms with Crippen molar-refractivity contribution >= 4 is 5.97 Å². The van der Waals surface area contributed by atoms with Crippen molar-refractivity contribution in [3.05, 3.63) is 35.9 Å². The second-order valence-electron chi connectivity index (χ2n) is 5.51. The van der Waals surface area contributed by atoms with E-state index >= 15 is 0 Å². The summed E-state index contributed by atoms with van der Waals surface area (Å²) < 4.78 is 5.35. The molecule has 0 heterocycles. The van der Waals surface area contributed by atoms with Gasteiger partial charge in [-0.2, -0.15) is 0 Å². The van der Waals surface area contributed by atoms with Gasteiger partial charge in [-0.1, -0.05) is 44.2 Å². The van der Waals surface area contributed by atoms with Crippen LogP contribution in [0.4, 0.5) is 0 Å². The Morgan fingerprint density at radius 3 is 2.42 bits per heavy atom. The van der Waals surface area contributed by atoms with Gasteiger partial charge in [-0.05, 0) is 37.7 Å². The Morgan fingerprint density at radius 2 is 1.84 bits per heavy atom. The fourth-order valence-corrected chi connectivity index (χ4v) is 2.08. The molecule has 2 N–H and O–H groups in total. The van der Waals surface area contributed by atoms with Crippen LogP contribution in [0.1, 0.15) is 39.2 Å². The highest BCUT2D eigenvalue weighted by Crippen LogP contribution is 2.10. The van der Waals surface area contributed by atoms with Gasteiger partial charge in [0.15, 0.2) is 0 Å². The summed E-state index contributed by atoms with van der Waals surface area (Å²) in [5.74, 6) is 0.229. The molecule has 0 aliphatic rings. The SMILES string of the molecule is CC(C)CC(C)OC(=O)C(N)CCc1ccccc1. The molecular weight excluding hydrogens is 238 g/mol. The highest BCUT2D eigenvalue weighted by atomic mass is 16.5. The van der Waals surface area contributed by atoms with Crippen LogP contribution in [-0.4, -0.2) is 18.1 Å². The molecule has 2 atom stereocenters. The summed E-state index contributed by atoms with van der Waals surface area (Å²) in [6, 6.07) is 9.51. The molecule has 0 aliphatic heterocycles. The summed E-state index contributed by atoms with van der Waals surface area (Å²) in [5, 5.41) is 0. The molecule has 0 spiro atoms. The molecule has 0 saturated carbocycles. The van der Waals surface area contributed by atoms with Crippen LogP contribution in [0.25, 0.3) is 0 Å². The molecule has 0 aliphatic carbocycles. The Morgan fingerprint density at radius 1 is 1.21 bits per heavy atom. The topological polar surface area (TPSA) is 52.3 Å². The Labute approximate surface area is 116 Å². The molecule has 1 aromatic carbocycles. The van der Waals surface area contributed by atoms with E-state index in [4.69, 9.17) is 10.5 Å². The first kappa shape index (κ1) is 15.7. The van der Waals surface area contributed by atoms with Gasteiger partial charge < -0.3 is 10.5 Å². The van der Waals surface area contributed by atoms with Gasteiger partial charge >= 0.3 is 5.97 Å². The van der Waals surface area contributed by atoms with Crippen molar-refractivity contribution < 1.29 is 9.53 Å². The van der Waals surface area contributed by atoms with Crippen LogP contribution < -0.4 is 5.73 Å². The van der Waals surface area contributed by atoms with Crippen molar-refractivity contribution in [3.8, 4) is 0 Å². The van der Waals surface area contributed by atoms with E-state index in [1.54, 1.807) is 0 Å². The van der Waals surface area contributed by atoms with E-state index in [2.05, 4.69) is 13.8 Å². The number of benzene rings is 1. The summed E-state index contributed by atoms with van der Waals surface area (Å²) in [6.45, 7) is 6.14. The minimum Gasteiger partial charge on any atom is -0.462 e. The fourth-order valence-electron chi connectivity index (χ4n) is 2.08. The van der Waals surface area contributed by atoms with E-state index in [0.29, 0.717) is 12.3 Å². The number of hydrogen-bond donors (Lipinski definition) is 1. The van der Waals surface area contributed by atoms with Crippen molar-refractivity contribution in [2.45, 2.75) is 52.2 Å². The van der Waals surface area contributed by atoms with Crippen molar-refractivity contribution in [1.82, 2.24) is 0 Å². The van der Waals surface area contributed by atoms with Crippen molar-refractivity contribution in [3.63, 3.8) is 0 Å². The lowest BCUT2D eigenvalue weighted by Crippen LogP contribution is -2.35. The third kappa shape index (κ3) is 6.39. The molecule has 0 bridgehead atoms. The fraction of sp³-hybridized carbons (Fsp3) is 0.562. The van der Waals surface area contributed by atoms with Crippen LogP contribution in [0.15, 0.2) is 30.3 Å². The number of nitrogens with two attached hydrogens (primary N) is 1. The largest absolute Gasteiger partial charge is 0.462 e. The van der Waals surface area contributed by atoms with Crippen LogP contribution in [0, 0.1) is 5.92 Å². The number of esters is 1. The number of aryl methyl sites for hydroxylation is 1. The first-order valence-corrected chi connectivity index (χ1v) is 6.99. The van der Waals surface area contributed by atoms with Crippen LogP contribution >= 0.6 is 0 Å². The third-order valence-corrected chi connectivity index (χ3v) is 3.01. The minimum absolute atomic E-state index is 0.0599. The number of ether oxygens (including phenoxy) is 1. The summed E-state index contributed by atoms with van der Waals surface area (Å²) in [7, 11) is 0. The molecule has 1 rings (SSSR count). The zero-order valence-electron chi connectivity index (χ0n) is 12.1. The van der Waals surface area contributed by atoms with Gasteiger partial charge in [0.05, 0.1) is 6.10 Å². The molecule has 3 heteroatoms. The average molecular weight is 263 g/mol. The van der Waals surface area contributed by atoms with E-state index in [-0.39, 0.29) is 12.1 Å². The lowest BCUT2D eigenvalue weighted by Gasteiger charge is -2.18. The predicted octanol–water partition coefficient (Wildman–Crippen LogP) is 2.92. The summed E-state index contributed by atoms with van der Waals surface area (Å²) >= 11 is 0. The van der Waals surface area contributed by atoms with Crippen LogP contribution in [0.2, 0.25) is 0 Å². The van der Waals surface area contributed by atoms with Crippen molar-refractivity contribution in [1.29, 1.82) is 0 Å². The lowest BCUT2D eigenvalue weighted by molar-refractivity contribution is -0.150. The highest BCUT2D eigenvalue weighted by Gasteiger charge is 2.18. The van der Waals surface area contributed by atoms with Gasteiger partial charge in [0.2, 0.25) is 0 Å². The molecule has 0 radical (unpaired) electrons.